The number of aliphatic carboxylic acids is 1. The maximum absolute atomic E-state index is 12.7. The molecular formula is C26H24N2O7S. The van der Waals surface area contributed by atoms with Gasteiger partial charge in [0.2, 0.25) is 0 Å². The Labute approximate surface area is 208 Å². The zero-order chi connectivity index (χ0) is 26.3. The highest BCUT2D eigenvalue weighted by Gasteiger charge is 2.20. The van der Waals surface area contributed by atoms with Gasteiger partial charge < -0.3 is 19.9 Å². The molecular weight excluding hydrogens is 484 g/mol. The minimum Gasteiger partial charge on any atom is -0.480 e. The highest BCUT2D eigenvalue weighted by atomic mass is 32.2. The van der Waals surface area contributed by atoms with Gasteiger partial charge in [-0.3, -0.25) is 14.4 Å². The van der Waals surface area contributed by atoms with Gasteiger partial charge in [0, 0.05) is 5.56 Å². The summed E-state index contributed by atoms with van der Waals surface area (Å²) in [5.41, 5.74) is 1.43. The molecule has 0 aromatic heterocycles. The third-order valence-electron chi connectivity index (χ3n) is 4.95. The molecule has 0 unspecified atom stereocenters. The largest absolute Gasteiger partial charge is 0.480 e. The van der Waals surface area contributed by atoms with Crippen LogP contribution in [0.2, 0.25) is 0 Å². The molecule has 3 aromatic carbocycles. The standard InChI is InChI=1S/C26H24N2O7S/c1-17-8-14-22(15-9-17)36(33,34)35-21-12-10-19(11-13-21)16-23(25(30)27-18(2)26(31)32)28-24(29)20-6-4-3-5-7-20/h3-16,18H,1-2H3,(H,27,30)(H,28,29)(H,31,32)/b23-16-/t18-/m0/s1. The molecule has 0 aliphatic rings. The summed E-state index contributed by atoms with van der Waals surface area (Å²) in [6.07, 6.45) is 1.34. The van der Waals surface area contributed by atoms with Crippen LogP contribution in [0, 0.1) is 6.92 Å². The van der Waals surface area contributed by atoms with Gasteiger partial charge in [0.25, 0.3) is 11.8 Å². The number of hydrogen-bond acceptors (Lipinski definition) is 6. The summed E-state index contributed by atoms with van der Waals surface area (Å²) in [4.78, 5) is 36.5. The molecule has 3 rings (SSSR count). The monoisotopic (exact) mass is 508 g/mol. The van der Waals surface area contributed by atoms with E-state index < -0.39 is 33.9 Å². The first-order valence-electron chi connectivity index (χ1n) is 10.8. The van der Waals surface area contributed by atoms with Gasteiger partial charge in [0.1, 0.15) is 22.4 Å². The average molecular weight is 509 g/mol. The van der Waals surface area contributed by atoms with Gasteiger partial charge in [-0.15, -0.1) is 0 Å². The van der Waals surface area contributed by atoms with Crippen molar-refractivity contribution >= 4 is 34.0 Å². The number of amides is 2. The van der Waals surface area contributed by atoms with Crippen LogP contribution in [0.5, 0.6) is 5.75 Å². The number of carbonyl (C=O) groups excluding carboxylic acids is 2. The van der Waals surface area contributed by atoms with Crippen molar-refractivity contribution < 1.29 is 32.1 Å². The first-order chi connectivity index (χ1) is 17.0. The molecule has 0 fully saturated rings. The zero-order valence-electron chi connectivity index (χ0n) is 19.5. The SMILES string of the molecule is Cc1ccc(S(=O)(=O)Oc2ccc(/C=C(\NC(=O)c3ccccc3)C(=O)N[C@@H](C)C(=O)O)cc2)cc1. The second-order valence-electron chi connectivity index (χ2n) is 7.83. The first-order valence-corrected chi connectivity index (χ1v) is 12.2. The van der Waals surface area contributed by atoms with Gasteiger partial charge >= 0.3 is 16.1 Å². The van der Waals surface area contributed by atoms with Crippen LogP contribution in [0.25, 0.3) is 6.08 Å². The molecule has 1 atom stereocenters. The molecule has 9 nitrogen and oxygen atoms in total. The first kappa shape index (κ1) is 26.2. The van der Waals surface area contributed by atoms with E-state index in [1.807, 2.05) is 6.92 Å². The van der Waals surface area contributed by atoms with E-state index in [4.69, 9.17) is 9.29 Å². The average Bonchev–Trinajstić information content (AvgIpc) is 2.85. The second kappa shape index (κ2) is 11.3. The van der Waals surface area contributed by atoms with Gasteiger partial charge in [0.05, 0.1) is 0 Å². The van der Waals surface area contributed by atoms with Crippen LogP contribution in [0.15, 0.2) is 89.5 Å². The van der Waals surface area contributed by atoms with Crippen molar-refractivity contribution in [1.82, 2.24) is 10.6 Å². The van der Waals surface area contributed by atoms with Crippen LogP contribution in [0.3, 0.4) is 0 Å². The molecule has 3 N–H and O–H groups in total. The number of carboxylic acid groups (broad SMARTS) is 1. The third kappa shape index (κ3) is 7.03. The van der Waals surface area contributed by atoms with E-state index in [1.54, 1.807) is 42.5 Å². The van der Waals surface area contributed by atoms with Crippen molar-refractivity contribution in [2.45, 2.75) is 24.8 Å². The fourth-order valence-electron chi connectivity index (χ4n) is 2.94. The lowest BCUT2D eigenvalue weighted by molar-refractivity contribution is -0.140. The minimum absolute atomic E-state index is 0.00667. The lowest BCUT2D eigenvalue weighted by atomic mass is 10.1. The van der Waals surface area contributed by atoms with Gasteiger partial charge in [-0.25, -0.2) is 0 Å². The van der Waals surface area contributed by atoms with Crippen LogP contribution >= 0.6 is 0 Å². The molecule has 0 bridgehead atoms. The number of carboxylic acids is 1. The quantitative estimate of drug-likeness (QED) is 0.298. The van der Waals surface area contributed by atoms with Crippen molar-refractivity contribution in [3.63, 3.8) is 0 Å². The normalized spacial score (nSPS) is 12.3. The molecule has 0 aliphatic heterocycles. The van der Waals surface area contributed by atoms with Crippen LogP contribution < -0.4 is 14.8 Å². The van der Waals surface area contributed by atoms with E-state index in [2.05, 4.69) is 10.6 Å². The summed E-state index contributed by atoms with van der Waals surface area (Å²) >= 11 is 0. The minimum atomic E-state index is -4.04. The summed E-state index contributed by atoms with van der Waals surface area (Å²) in [6, 6.07) is 19.0. The molecule has 2 amide bonds. The molecule has 36 heavy (non-hydrogen) atoms. The number of rotatable bonds is 9. The maximum atomic E-state index is 12.7. The highest BCUT2D eigenvalue weighted by molar-refractivity contribution is 7.87. The summed E-state index contributed by atoms with van der Waals surface area (Å²) in [7, 11) is -4.04. The molecule has 186 valence electrons. The number of hydrogen-bond donors (Lipinski definition) is 3. The van der Waals surface area contributed by atoms with Gasteiger partial charge in [0.15, 0.2) is 0 Å². The molecule has 10 heteroatoms. The molecule has 0 spiro atoms. The number of nitrogens with one attached hydrogen (secondary N) is 2. The van der Waals surface area contributed by atoms with Crippen molar-refractivity contribution in [3.8, 4) is 5.75 Å². The smallest absolute Gasteiger partial charge is 0.339 e. The predicted molar refractivity (Wildman–Crippen MR) is 133 cm³/mol. The maximum Gasteiger partial charge on any atom is 0.339 e. The van der Waals surface area contributed by atoms with Crippen molar-refractivity contribution in [1.29, 1.82) is 0 Å². The molecule has 3 aromatic rings. The van der Waals surface area contributed by atoms with Crippen LogP contribution in [-0.4, -0.2) is 37.3 Å². The summed E-state index contributed by atoms with van der Waals surface area (Å²) in [5, 5.41) is 13.9. The lowest BCUT2D eigenvalue weighted by Crippen LogP contribution is -2.42. The molecule has 0 saturated heterocycles. The predicted octanol–water partition coefficient (Wildman–Crippen LogP) is 3.12. The molecule has 0 saturated carbocycles. The van der Waals surface area contributed by atoms with Crippen molar-refractivity contribution in [2.75, 3.05) is 0 Å². The number of carbonyl (C=O) groups is 3. The van der Waals surface area contributed by atoms with Gasteiger partial charge in [-0.2, -0.15) is 8.42 Å². The Bertz CT molecular complexity index is 1380. The molecule has 0 radical (unpaired) electrons. The van der Waals surface area contributed by atoms with Crippen molar-refractivity contribution in [3.05, 3.63) is 101 Å². The Balaban J connectivity index is 1.83. The fourth-order valence-corrected chi connectivity index (χ4v) is 3.87. The van der Waals surface area contributed by atoms with E-state index in [-0.39, 0.29) is 16.3 Å². The lowest BCUT2D eigenvalue weighted by Gasteiger charge is -2.13. The van der Waals surface area contributed by atoms with Crippen LogP contribution in [0.1, 0.15) is 28.4 Å². The Kier molecular flexibility index (Phi) is 8.23. The Morgan fingerprint density at radius 2 is 1.53 bits per heavy atom. The Hall–Kier alpha value is -4.44. The topological polar surface area (TPSA) is 139 Å². The summed E-state index contributed by atoms with van der Waals surface area (Å²) < 4.78 is 30.2. The Morgan fingerprint density at radius 1 is 0.917 bits per heavy atom. The second-order valence-corrected chi connectivity index (χ2v) is 9.38. The Morgan fingerprint density at radius 3 is 2.11 bits per heavy atom. The van der Waals surface area contributed by atoms with Gasteiger partial charge in [-0.05, 0) is 61.9 Å². The van der Waals surface area contributed by atoms with Crippen molar-refractivity contribution in [2.24, 2.45) is 0 Å². The van der Waals surface area contributed by atoms with E-state index in [0.29, 0.717) is 11.1 Å². The fraction of sp³-hybridized carbons (Fsp3) is 0.115. The summed E-state index contributed by atoms with van der Waals surface area (Å²) in [6.45, 7) is 3.13. The van der Waals surface area contributed by atoms with Crippen LogP contribution in [-0.2, 0) is 19.7 Å². The molecule has 0 heterocycles. The van der Waals surface area contributed by atoms with E-state index in [0.717, 1.165) is 5.56 Å². The summed E-state index contributed by atoms with van der Waals surface area (Å²) in [5.74, 6) is -2.57. The highest BCUT2D eigenvalue weighted by Crippen LogP contribution is 2.20. The van der Waals surface area contributed by atoms with E-state index >= 15 is 0 Å². The zero-order valence-corrected chi connectivity index (χ0v) is 20.3. The number of benzene rings is 3. The van der Waals surface area contributed by atoms with E-state index in [1.165, 1.54) is 49.4 Å². The third-order valence-corrected chi connectivity index (χ3v) is 6.21. The van der Waals surface area contributed by atoms with E-state index in [9.17, 15) is 22.8 Å². The number of aryl methyl sites for hydroxylation is 1. The molecule has 0 aliphatic carbocycles. The van der Waals surface area contributed by atoms with Crippen LogP contribution in [0.4, 0.5) is 0 Å². The van der Waals surface area contributed by atoms with Gasteiger partial charge in [-0.1, -0.05) is 48.0 Å².